The van der Waals surface area contributed by atoms with Gasteiger partial charge in [0.2, 0.25) is 0 Å². The number of halogens is 3. The molecular formula is C16H19ClF2N2. The average molecular weight is 313 g/mol. The van der Waals surface area contributed by atoms with Crippen molar-refractivity contribution in [3.63, 3.8) is 0 Å². The van der Waals surface area contributed by atoms with Crippen molar-refractivity contribution in [1.29, 1.82) is 0 Å². The highest BCUT2D eigenvalue weighted by atomic mass is 35.5. The number of nitrogen functional groups attached to an aromatic ring is 1. The molecule has 0 spiro atoms. The fourth-order valence-electron chi connectivity index (χ4n) is 2.14. The van der Waals surface area contributed by atoms with Gasteiger partial charge in [-0.3, -0.25) is 4.90 Å². The summed E-state index contributed by atoms with van der Waals surface area (Å²) in [5, 5.41) is 0. The first kappa shape index (κ1) is 17.4. The number of anilines is 1. The van der Waals surface area contributed by atoms with Gasteiger partial charge in [-0.2, -0.15) is 0 Å². The molecule has 0 aromatic heterocycles. The van der Waals surface area contributed by atoms with Crippen LogP contribution in [-0.2, 0) is 13.1 Å². The Labute approximate surface area is 130 Å². The Hall–Kier alpha value is -1.65. The van der Waals surface area contributed by atoms with E-state index >= 15 is 0 Å². The maximum absolute atomic E-state index is 13.7. The molecule has 0 amide bonds. The zero-order chi connectivity index (χ0) is 14.5. The van der Waals surface area contributed by atoms with Gasteiger partial charge in [0.05, 0.1) is 0 Å². The van der Waals surface area contributed by atoms with Gasteiger partial charge >= 0.3 is 0 Å². The quantitative estimate of drug-likeness (QED) is 0.846. The van der Waals surface area contributed by atoms with E-state index in [1.807, 2.05) is 36.1 Å². The van der Waals surface area contributed by atoms with Gasteiger partial charge in [0.1, 0.15) is 11.6 Å². The van der Waals surface area contributed by atoms with Gasteiger partial charge in [0.25, 0.3) is 0 Å². The number of rotatable bonds is 5. The van der Waals surface area contributed by atoms with Crippen LogP contribution < -0.4 is 5.73 Å². The van der Waals surface area contributed by atoms with E-state index in [9.17, 15) is 8.78 Å². The predicted octanol–water partition coefficient (Wildman–Crippen LogP) is 3.99. The molecule has 0 aliphatic heterocycles. The fraction of sp³-hybridized carbons (Fsp3) is 0.250. The van der Waals surface area contributed by atoms with Crippen LogP contribution in [0.1, 0.15) is 18.1 Å². The first-order chi connectivity index (χ1) is 9.60. The van der Waals surface area contributed by atoms with E-state index in [1.165, 1.54) is 18.2 Å². The molecule has 2 aromatic carbocycles. The normalized spacial score (nSPS) is 10.5. The van der Waals surface area contributed by atoms with E-state index in [-0.39, 0.29) is 24.5 Å². The summed E-state index contributed by atoms with van der Waals surface area (Å²) < 4.78 is 27.3. The number of benzene rings is 2. The van der Waals surface area contributed by atoms with Crippen LogP contribution in [-0.4, -0.2) is 11.4 Å². The molecule has 0 saturated heterocycles. The topological polar surface area (TPSA) is 29.3 Å². The van der Waals surface area contributed by atoms with Gasteiger partial charge < -0.3 is 5.73 Å². The summed E-state index contributed by atoms with van der Waals surface area (Å²) in [6.45, 7) is 3.51. The molecule has 2 N–H and O–H groups in total. The van der Waals surface area contributed by atoms with E-state index in [4.69, 9.17) is 5.73 Å². The highest BCUT2D eigenvalue weighted by Gasteiger charge is 2.12. The molecule has 0 aliphatic carbocycles. The predicted molar refractivity (Wildman–Crippen MR) is 84.2 cm³/mol. The molecule has 2 nitrogen and oxygen atoms in total. The van der Waals surface area contributed by atoms with Crippen LogP contribution in [0, 0.1) is 11.6 Å². The highest BCUT2D eigenvalue weighted by Crippen LogP contribution is 2.17. The second-order valence-electron chi connectivity index (χ2n) is 4.75. The lowest BCUT2D eigenvalue weighted by atomic mass is 10.1. The molecule has 0 fully saturated rings. The summed E-state index contributed by atoms with van der Waals surface area (Å²) in [4.78, 5) is 1.97. The van der Waals surface area contributed by atoms with Gasteiger partial charge in [-0.1, -0.05) is 25.1 Å². The standard InChI is InChI=1S/C16H18F2N2.ClH/c1-2-20(10-12-5-3-6-13(19)9-12)11-14-15(17)7-4-8-16(14)18;/h3-9H,2,10-11,19H2,1H3;1H. The molecule has 114 valence electrons. The maximum Gasteiger partial charge on any atom is 0.130 e. The third-order valence-corrected chi connectivity index (χ3v) is 3.25. The molecule has 21 heavy (non-hydrogen) atoms. The van der Waals surface area contributed by atoms with E-state index in [0.717, 1.165) is 5.56 Å². The van der Waals surface area contributed by atoms with Crippen molar-refractivity contribution >= 4 is 18.1 Å². The van der Waals surface area contributed by atoms with Crippen molar-refractivity contribution in [3.05, 3.63) is 65.2 Å². The number of nitrogens with zero attached hydrogens (tertiary/aromatic N) is 1. The van der Waals surface area contributed by atoms with E-state index in [1.54, 1.807) is 0 Å². The number of hydrogen-bond acceptors (Lipinski definition) is 2. The summed E-state index contributed by atoms with van der Waals surface area (Å²) in [5.74, 6) is -1.01. The summed E-state index contributed by atoms with van der Waals surface area (Å²) in [5.41, 5.74) is 7.57. The summed E-state index contributed by atoms with van der Waals surface area (Å²) in [7, 11) is 0. The number of hydrogen-bond donors (Lipinski definition) is 1. The lowest BCUT2D eigenvalue weighted by Gasteiger charge is -2.21. The van der Waals surface area contributed by atoms with Crippen molar-refractivity contribution in [2.24, 2.45) is 0 Å². The molecule has 2 rings (SSSR count). The van der Waals surface area contributed by atoms with Crippen LogP contribution in [0.3, 0.4) is 0 Å². The van der Waals surface area contributed by atoms with Crippen molar-refractivity contribution < 1.29 is 8.78 Å². The van der Waals surface area contributed by atoms with Crippen LogP contribution in [0.4, 0.5) is 14.5 Å². The van der Waals surface area contributed by atoms with Crippen molar-refractivity contribution in [2.75, 3.05) is 12.3 Å². The van der Waals surface area contributed by atoms with Crippen LogP contribution in [0.25, 0.3) is 0 Å². The minimum atomic E-state index is -0.504. The molecule has 0 aliphatic rings. The Balaban J connectivity index is 0.00000220. The fourth-order valence-corrected chi connectivity index (χ4v) is 2.14. The van der Waals surface area contributed by atoms with Crippen molar-refractivity contribution in [1.82, 2.24) is 4.90 Å². The molecule has 5 heteroatoms. The third kappa shape index (κ3) is 4.69. The third-order valence-electron chi connectivity index (χ3n) is 3.25. The minimum absolute atomic E-state index is 0. The Morgan fingerprint density at radius 2 is 1.62 bits per heavy atom. The molecule has 0 unspecified atom stereocenters. The molecule has 0 saturated carbocycles. The van der Waals surface area contributed by atoms with Crippen LogP contribution in [0.5, 0.6) is 0 Å². The van der Waals surface area contributed by atoms with E-state index in [0.29, 0.717) is 18.8 Å². The van der Waals surface area contributed by atoms with Crippen LogP contribution in [0.2, 0.25) is 0 Å². The molecule has 0 heterocycles. The Morgan fingerprint density at radius 3 is 2.19 bits per heavy atom. The summed E-state index contributed by atoms with van der Waals surface area (Å²) in [6.07, 6.45) is 0. The Kier molecular flexibility index (Phi) is 6.59. The lowest BCUT2D eigenvalue weighted by molar-refractivity contribution is 0.263. The first-order valence-electron chi connectivity index (χ1n) is 6.59. The smallest absolute Gasteiger partial charge is 0.130 e. The van der Waals surface area contributed by atoms with E-state index in [2.05, 4.69) is 0 Å². The second-order valence-corrected chi connectivity index (χ2v) is 4.75. The summed E-state index contributed by atoms with van der Waals surface area (Å²) >= 11 is 0. The molecule has 0 radical (unpaired) electrons. The molecular weight excluding hydrogens is 294 g/mol. The van der Waals surface area contributed by atoms with Crippen molar-refractivity contribution in [3.8, 4) is 0 Å². The maximum atomic E-state index is 13.7. The second kappa shape index (κ2) is 7.96. The van der Waals surface area contributed by atoms with Crippen molar-refractivity contribution in [2.45, 2.75) is 20.0 Å². The Morgan fingerprint density at radius 1 is 1.00 bits per heavy atom. The molecule has 0 atom stereocenters. The molecule has 2 aromatic rings. The average Bonchev–Trinajstić information content (AvgIpc) is 2.42. The lowest BCUT2D eigenvalue weighted by Crippen LogP contribution is -2.23. The van der Waals surface area contributed by atoms with Crippen LogP contribution in [0.15, 0.2) is 42.5 Å². The Bertz CT molecular complexity index is 570. The highest BCUT2D eigenvalue weighted by molar-refractivity contribution is 5.85. The van der Waals surface area contributed by atoms with Gasteiger partial charge in [0.15, 0.2) is 0 Å². The molecule has 0 bridgehead atoms. The SMILES string of the molecule is CCN(Cc1cccc(N)c1)Cc1c(F)cccc1F.Cl. The number of nitrogens with two attached hydrogens (primary N) is 1. The van der Waals surface area contributed by atoms with Crippen LogP contribution >= 0.6 is 12.4 Å². The zero-order valence-electron chi connectivity index (χ0n) is 11.9. The van der Waals surface area contributed by atoms with Gasteiger partial charge in [-0.05, 0) is 36.4 Å². The zero-order valence-corrected chi connectivity index (χ0v) is 12.7. The van der Waals surface area contributed by atoms with Gasteiger partial charge in [0, 0.05) is 24.3 Å². The monoisotopic (exact) mass is 312 g/mol. The van der Waals surface area contributed by atoms with Gasteiger partial charge in [-0.15, -0.1) is 12.4 Å². The van der Waals surface area contributed by atoms with Gasteiger partial charge in [-0.25, -0.2) is 8.78 Å². The summed E-state index contributed by atoms with van der Waals surface area (Å²) in [6, 6.07) is 11.5. The minimum Gasteiger partial charge on any atom is -0.399 e. The van der Waals surface area contributed by atoms with E-state index < -0.39 is 11.6 Å². The first-order valence-corrected chi connectivity index (χ1v) is 6.59. The largest absolute Gasteiger partial charge is 0.399 e.